The van der Waals surface area contributed by atoms with Crippen molar-refractivity contribution in [2.24, 2.45) is 0 Å². The lowest BCUT2D eigenvalue weighted by Crippen LogP contribution is -2.23. The highest BCUT2D eigenvalue weighted by Gasteiger charge is 2.08. The predicted molar refractivity (Wildman–Crippen MR) is 104 cm³/mol. The highest BCUT2D eigenvalue weighted by atomic mass is 32.1. The topological polar surface area (TPSA) is 56.5 Å². The molecule has 2 heterocycles. The molecule has 0 radical (unpaired) electrons. The van der Waals surface area contributed by atoms with E-state index in [4.69, 9.17) is 4.74 Å². The normalized spacial score (nSPS) is 12.3. The van der Waals surface area contributed by atoms with Gasteiger partial charge in [0.05, 0.1) is 11.6 Å². The minimum absolute atomic E-state index is 0.209. The molecule has 134 valence electrons. The fourth-order valence-electron chi connectivity index (χ4n) is 2.52. The van der Waals surface area contributed by atoms with E-state index in [0.717, 1.165) is 16.9 Å². The molecule has 0 aliphatic carbocycles. The van der Waals surface area contributed by atoms with Crippen molar-refractivity contribution in [2.75, 3.05) is 7.11 Å². The molecule has 0 atom stereocenters. The summed E-state index contributed by atoms with van der Waals surface area (Å²) in [5.41, 5.74) is 1.51. The zero-order valence-electron chi connectivity index (χ0n) is 14.3. The number of benzene rings is 2. The van der Waals surface area contributed by atoms with Crippen LogP contribution in [0.25, 0.3) is 23.2 Å². The molecule has 4 aromatic rings. The minimum Gasteiger partial charge on any atom is -0.497 e. The van der Waals surface area contributed by atoms with Crippen molar-refractivity contribution in [1.82, 2.24) is 14.6 Å². The summed E-state index contributed by atoms with van der Waals surface area (Å²) in [6, 6.07) is 13.5. The number of hydrogen-bond acceptors (Lipinski definition) is 5. The van der Waals surface area contributed by atoms with Gasteiger partial charge in [0, 0.05) is 0 Å². The van der Waals surface area contributed by atoms with Crippen molar-refractivity contribution in [1.29, 1.82) is 0 Å². The molecule has 0 spiro atoms. The molecule has 4 rings (SSSR count). The zero-order valence-corrected chi connectivity index (χ0v) is 15.1. The highest BCUT2D eigenvalue weighted by Crippen LogP contribution is 2.12. The molecule has 5 nitrogen and oxygen atoms in total. The smallest absolute Gasteiger partial charge is 0.291 e. The summed E-state index contributed by atoms with van der Waals surface area (Å²) < 4.78 is 19.9. The number of aromatic nitrogens is 3. The largest absolute Gasteiger partial charge is 0.497 e. The van der Waals surface area contributed by atoms with E-state index in [1.54, 1.807) is 37.5 Å². The molecule has 0 aliphatic heterocycles. The number of ether oxygens (including phenoxy) is 1. The summed E-state index contributed by atoms with van der Waals surface area (Å²) in [5, 5.41) is 4.24. The lowest BCUT2D eigenvalue weighted by atomic mass is 10.2. The van der Waals surface area contributed by atoms with Crippen LogP contribution in [-0.4, -0.2) is 21.7 Å². The molecular weight excluding hydrogens is 365 g/mol. The number of methoxy groups -OCH3 is 1. The lowest BCUT2D eigenvalue weighted by Gasteiger charge is -1.98. The van der Waals surface area contributed by atoms with Crippen LogP contribution in [0.15, 0.2) is 53.3 Å². The lowest BCUT2D eigenvalue weighted by molar-refractivity contribution is 0.415. The van der Waals surface area contributed by atoms with Gasteiger partial charge in [0.1, 0.15) is 11.6 Å². The first-order valence-electron chi connectivity index (χ1n) is 8.11. The van der Waals surface area contributed by atoms with E-state index in [2.05, 4.69) is 10.1 Å². The molecule has 2 aromatic carbocycles. The van der Waals surface area contributed by atoms with Crippen molar-refractivity contribution < 1.29 is 9.13 Å². The van der Waals surface area contributed by atoms with E-state index < -0.39 is 0 Å². The highest BCUT2D eigenvalue weighted by molar-refractivity contribution is 7.15. The Morgan fingerprint density at radius 3 is 2.41 bits per heavy atom. The van der Waals surface area contributed by atoms with E-state index in [0.29, 0.717) is 15.3 Å². The zero-order chi connectivity index (χ0) is 18.8. The molecule has 0 saturated carbocycles. The summed E-state index contributed by atoms with van der Waals surface area (Å²) in [6.45, 7) is 0. The Morgan fingerprint density at radius 1 is 1.04 bits per heavy atom. The molecule has 7 heteroatoms. The molecule has 0 unspecified atom stereocenters. The number of hydrogen-bond donors (Lipinski definition) is 0. The summed E-state index contributed by atoms with van der Waals surface area (Å²) >= 11 is 1.28. The van der Waals surface area contributed by atoms with Crippen LogP contribution in [0, 0.1) is 5.82 Å². The first-order valence-corrected chi connectivity index (χ1v) is 8.93. The number of halogens is 1. The standard InChI is InChI=1S/C20H14FN3O2S/c1-26-16-9-4-14(5-10-16)12-17-19(25)24-20(27-17)22-18(23-24)11-6-13-2-7-15(21)8-3-13/h2-12H,1H3/b11-6+,17-12+. The van der Waals surface area contributed by atoms with Gasteiger partial charge in [-0.25, -0.2) is 4.39 Å². The summed E-state index contributed by atoms with van der Waals surface area (Å²) in [7, 11) is 1.61. The van der Waals surface area contributed by atoms with Crippen LogP contribution in [0.3, 0.4) is 0 Å². The third-order valence-corrected chi connectivity index (χ3v) is 4.87. The molecule has 0 amide bonds. The number of rotatable bonds is 4. The van der Waals surface area contributed by atoms with Crippen LogP contribution in [0.1, 0.15) is 17.0 Å². The molecule has 0 aliphatic rings. The van der Waals surface area contributed by atoms with Crippen LogP contribution in [0.5, 0.6) is 5.75 Å². The van der Waals surface area contributed by atoms with Gasteiger partial charge < -0.3 is 4.74 Å². The van der Waals surface area contributed by atoms with Gasteiger partial charge in [0.2, 0.25) is 4.96 Å². The average Bonchev–Trinajstić information content (AvgIpc) is 3.21. The maximum atomic E-state index is 12.9. The second kappa shape index (κ2) is 7.13. The molecule has 0 N–H and O–H groups in total. The van der Waals surface area contributed by atoms with E-state index >= 15 is 0 Å². The number of nitrogens with zero attached hydrogens (tertiary/aromatic N) is 3. The van der Waals surface area contributed by atoms with Crippen molar-refractivity contribution >= 4 is 34.5 Å². The van der Waals surface area contributed by atoms with Gasteiger partial charge in [0.15, 0.2) is 5.82 Å². The van der Waals surface area contributed by atoms with Crippen LogP contribution in [0.4, 0.5) is 4.39 Å². The molecular formula is C20H14FN3O2S. The fourth-order valence-corrected chi connectivity index (χ4v) is 3.43. The quantitative estimate of drug-likeness (QED) is 0.547. The maximum Gasteiger partial charge on any atom is 0.291 e. The Labute approximate surface area is 157 Å². The Hall–Kier alpha value is -3.32. The summed E-state index contributed by atoms with van der Waals surface area (Å²) in [4.78, 5) is 17.4. The summed E-state index contributed by atoms with van der Waals surface area (Å²) in [5.74, 6) is 0.901. The predicted octanol–water partition coefficient (Wildman–Crippen LogP) is 3.02. The van der Waals surface area contributed by atoms with Crippen LogP contribution < -0.4 is 14.8 Å². The SMILES string of the molecule is COc1ccc(/C=c2/sc3nc(/C=C/c4ccc(F)cc4)nn3c2=O)cc1. The molecule has 0 fully saturated rings. The monoisotopic (exact) mass is 379 g/mol. The Balaban J connectivity index is 1.64. The van der Waals surface area contributed by atoms with Crippen molar-refractivity contribution in [2.45, 2.75) is 0 Å². The Bertz CT molecular complexity index is 1230. The van der Waals surface area contributed by atoms with Gasteiger partial charge in [-0.2, -0.15) is 9.50 Å². The Kier molecular flexibility index (Phi) is 4.52. The third kappa shape index (κ3) is 3.63. The van der Waals surface area contributed by atoms with E-state index in [1.807, 2.05) is 24.3 Å². The van der Waals surface area contributed by atoms with Gasteiger partial charge in [-0.3, -0.25) is 4.79 Å². The average molecular weight is 379 g/mol. The van der Waals surface area contributed by atoms with Gasteiger partial charge in [-0.05, 0) is 47.5 Å². The van der Waals surface area contributed by atoms with Crippen LogP contribution >= 0.6 is 11.3 Å². The van der Waals surface area contributed by atoms with Gasteiger partial charge in [-0.1, -0.05) is 41.7 Å². The molecule has 0 bridgehead atoms. The van der Waals surface area contributed by atoms with Crippen molar-refractivity contribution in [3.63, 3.8) is 0 Å². The molecule has 27 heavy (non-hydrogen) atoms. The first-order chi connectivity index (χ1) is 13.1. The van der Waals surface area contributed by atoms with Crippen LogP contribution in [-0.2, 0) is 0 Å². The van der Waals surface area contributed by atoms with Crippen molar-refractivity contribution in [3.8, 4) is 5.75 Å². The van der Waals surface area contributed by atoms with Crippen LogP contribution in [0.2, 0.25) is 0 Å². The molecule has 2 aromatic heterocycles. The van der Waals surface area contributed by atoms with E-state index in [-0.39, 0.29) is 11.4 Å². The third-order valence-electron chi connectivity index (χ3n) is 3.91. The van der Waals surface area contributed by atoms with Gasteiger partial charge in [-0.15, -0.1) is 5.10 Å². The van der Waals surface area contributed by atoms with Gasteiger partial charge in [0.25, 0.3) is 5.56 Å². The maximum absolute atomic E-state index is 12.9. The van der Waals surface area contributed by atoms with Crippen molar-refractivity contribution in [3.05, 3.63) is 86.2 Å². The minimum atomic E-state index is -0.288. The van der Waals surface area contributed by atoms with E-state index in [1.165, 1.54) is 28.0 Å². The second-order valence-corrected chi connectivity index (χ2v) is 6.75. The van der Waals surface area contributed by atoms with E-state index in [9.17, 15) is 9.18 Å². The fraction of sp³-hybridized carbons (Fsp3) is 0.0500. The summed E-state index contributed by atoms with van der Waals surface area (Å²) in [6.07, 6.45) is 5.27. The Morgan fingerprint density at radius 2 is 1.74 bits per heavy atom. The van der Waals surface area contributed by atoms with Gasteiger partial charge >= 0.3 is 0 Å². The number of fused-ring (bicyclic) bond motifs is 1. The molecule has 0 saturated heterocycles. The number of thiazole rings is 1. The first kappa shape index (κ1) is 17.1. The second-order valence-electron chi connectivity index (χ2n) is 5.74.